The third kappa shape index (κ3) is 4.13. The highest BCUT2D eigenvalue weighted by Crippen LogP contribution is 2.07. The lowest BCUT2D eigenvalue weighted by Crippen LogP contribution is -2.11. The van der Waals surface area contributed by atoms with Crippen molar-refractivity contribution in [2.24, 2.45) is 5.92 Å². The lowest BCUT2D eigenvalue weighted by molar-refractivity contribution is 0.819. The molecule has 1 N–H and O–H groups in total. The Balaban J connectivity index is 2.45. The first-order chi connectivity index (χ1) is 6.68. The van der Waals surface area contributed by atoms with Crippen LogP contribution in [0.5, 0.6) is 0 Å². The Hall–Kier alpha value is -1.24. The number of para-hydroxylation sites is 1. The zero-order chi connectivity index (χ0) is 10.4. The monoisotopic (exact) mass is 189 g/mol. The molecular weight excluding hydrogens is 170 g/mol. The summed E-state index contributed by atoms with van der Waals surface area (Å²) in [4.78, 5) is 0. The summed E-state index contributed by atoms with van der Waals surface area (Å²) in [5.74, 6) is 0.620. The number of anilines is 1. The zero-order valence-electron chi connectivity index (χ0n) is 9.20. The molecule has 1 atom stereocenters. The van der Waals surface area contributed by atoms with Gasteiger partial charge in [-0.15, -0.1) is 0 Å². The third-order valence-electron chi connectivity index (χ3n) is 1.95. The summed E-state index contributed by atoms with van der Waals surface area (Å²) < 4.78 is 0. The second-order valence-corrected chi connectivity index (χ2v) is 3.93. The highest BCUT2D eigenvalue weighted by Gasteiger charge is 1.96. The van der Waals surface area contributed by atoms with Crippen molar-refractivity contribution in [3.8, 4) is 0 Å². The molecule has 1 aromatic carbocycles. The van der Waals surface area contributed by atoms with Crippen LogP contribution in [0, 0.1) is 5.92 Å². The van der Waals surface area contributed by atoms with Crippen molar-refractivity contribution in [3.63, 3.8) is 0 Å². The molecule has 0 spiro atoms. The minimum Gasteiger partial charge on any atom is -0.379 e. The minimum absolute atomic E-state index is 0.389. The Bertz CT molecular complexity index is 275. The minimum atomic E-state index is 0.389. The Morgan fingerprint density at radius 3 is 2.21 bits per heavy atom. The Labute approximate surface area is 86.8 Å². The van der Waals surface area contributed by atoms with Crippen LogP contribution in [-0.4, -0.2) is 6.04 Å². The lowest BCUT2D eigenvalue weighted by Gasteiger charge is -2.11. The van der Waals surface area contributed by atoms with E-state index in [2.05, 4.69) is 50.4 Å². The molecule has 76 valence electrons. The van der Waals surface area contributed by atoms with Crippen molar-refractivity contribution < 1.29 is 0 Å². The van der Waals surface area contributed by atoms with E-state index in [1.807, 2.05) is 18.2 Å². The summed E-state index contributed by atoms with van der Waals surface area (Å²) in [5, 5.41) is 3.41. The molecule has 1 nitrogen and oxygen atoms in total. The van der Waals surface area contributed by atoms with Crippen molar-refractivity contribution in [1.29, 1.82) is 0 Å². The second-order valence-electron chi connectivity index (χ2n) is 3.93. The van der Waals surface area contributed by atoms with Crippen LogP contribution in [-0.2, 0) is 0 Å². The van der Waals surface area contributed by atoms with Crippen LogP contribution in [0.1, 0.15) is 20.8 Å². The number of hydrogen-bond donors (Lipinski definition) is 1. The van der Waals surface area contributed by atoms with Crippen LogP contribution >= 0.6 is 0 Å². The van der Waals surface area contributed by atoms with E-state index in [-0.39, 0.29) is 0 Å². The average molecular weight is 189 g/mol. The average Bonchev–Trinajstić information content (AvgIpc) is 2.16. The smallest absolute Gasteiger partial charge is 0.0416 e. The van der Waals surface area contributed by atoms with Gasteiger partial charge in [0.15, 0.2) is 0 Å². The van der Waals surface area contributed by atoms with E-state index >= 15 is 0 Å². The summed E-state index contributed by atoms with van der Waals surface area (Å²) in [6.45, 7) is 6.53. The lowest BCUT2D eigenvalue weighted by atomic mass is 10.1. The fourth-order valence-corrected chi connectivity index (χ4v) is 1.23. The Morgan fingerprint density at radius 2 is 1.64 bits per heavy atom. The maximum absolute atomic E-state index is 3.41. The number of rotatable bonds is 4. The SMILES string of the molecule is CC(C)/C=C/C(C)Nc1ccccc1. The van der Waals surface area contributed by atoms with Gasteiger partial charge in [0.2, 0.25) is 0 Å². The molecule has 1 heteroatoms. The summed E-state index contributed by atoms with van der Waals surface area (Å²) in [6, 6.07) is 10.7. The van der Waals surface area contributed by atoms with Gasteiger partial charge in [-0.05, 0) is 25.0 Å². The molecular formula is C13H19N. The van der Waals surface area contributed by atoms with Gasteiger partial charge in [0, 0.05) is 11.7 Å². The van der Waals surface area contributed by atoms with Gasteiger partial charge in [-0.25, -0.2) is 0 Å². The van der Waals surface area contributed by atoms with E-state index in [9.17, 15) is 0 Å². The van der Waals surface area contributed by atoms with Crippen molar-refractivity contribution in [2.45, 2.75) is 26.8 Å². The second kappa shape index (κ2) is 5.48. The maximum atomic E-state index is 3.41. The van der Waals surface area contributed by atoms with Crippen LogP contribution < -0.4 is 5.32 Å². The Morgan fingerprint density at radius 1 is 1.00 bits per heavy atom. The molecule has 1 rings (SSSR count). The molecule has 0 saturated carbocycles. The van der Waals surface area contributed by atoms with E-state index in [1.165, 1.54) is 5.69 Å². The number of allylic oxidation sites excluding steroid dienone is 1. The van der Waals surface area contributed by atoms with Gasteiger partial charge < -0.3 is 5.32 Å². The molecule has 0 aliphatic carbocycles. The van der Waals surface area contributed by atoms with Gasteiger partial charge in [-0.1, -0.05) is 44.2 Å². The van der Waals surface area contributed by atoms with E-state index in [0.29, 0.717) is 12.0 Å². The van der Waals surface area contributed by atoms with E-state index in [4.69, 9.17) is 0 Å². The molecule has 0 heterocycles. The van der Waals surface area contributed by atoms with Crippen LogP contribution in [0.4, 0.5) is 5.69 Å². The first kappa shape index (κ1) is 10.8. The Kier molecular flexibility index (Phi) is 4.24. The summed E-state index contributed by atoms with van der Waals surface area (Å²) in [7, 11) is 0. The number of nitrogens with one attached hydrogen (secondary N) is 1. The fourth-order valence-electron chi connectivity index (χ4n) is 1.23. The van der Waals surface area contributed by atoms with Crippen molar-refractivity contribution in [2.75, 3.05) is 5.32 Å². The molecule has 1 unspecified atom stereocenters. The molecule has 0 radical (unpaired) electrons. The van der Waals surface area contributed by atoms with Gasteiger partial charge >= 0.3 is 0 Å². The molecule has 1 aromatic rings. The van der Waals surface area contributed by atoms with Gasteiger partial charge in [0.1, 0.15) is 0 Å². The maximum Gasteiger partial charge on any atom is 0.0416 e. The predicted molar refractivity (Wildman–Crippen MR) is 63.5 cm³/mol. The van der Waals surface area contributed by atoms with Crippen molar-refractivity contribution in [1.82, 2.24) is 0 Å². The molecule has 0 saturated heterocycles. The van der Waals surface area contributed by atoms with Gasteiger partial charge in [0.05, 0.1) is 0 Å². The van der Waals surface area contributed by atoms with Crippen LogP contribution in [0.25, 0.3) is 0 Å². The first-order valence-corrected chi connectivity index (χ1v) is 5.18. The van der Waals surface area contributed by atoms with Crippen molar-refractivity contribution in [3.05, 3.63) is 42.5 Å². The predicted octanol–water partition coefficient (Wildman–Crippen LogP) is 3.70. The molecule has 0 aromatic heterocycles. The van der Waals surface area contributed by atoms with Crippen LogP contribution in [0.2, 0.25) is 0 Å². The topological polar surface area (TPSA) is 12.0 Å². The first-order valence-electron chi connectivity index (χ1n) is 5.18. The largest absolute Gasteiger partial charge is 0.379 e. The molecule has 0 aliphatic rings. The van der Waals surface area contributed by atoms with E-state index in [1.54, 1.807) is 0 Å². The third-order valence-corrected chi connectivity index (χ3v) is 1.95. The molecule has 14 heavy (non-hydrogen) atoms. The van der Waals surface area contributed by atoms with Crippen molar-refractivity contribution >= 4 is 5.69 Å². The molecule has 0 fully saturated rings. The van der Waals surface area contributed by atoms with Gasteiger partial charge in [0.25, 0.3) is 0 Å². The highest BCUT2D eigenvalue weighted by atomic mass is 14.9. The summed E-state index contributed by atoms with van der Waals surface area (Å²) in [6.07, 6.45) is 4.43. The summed E-state index contributed by atoms with van der Waals surface area (Å²) >= 11 is 0. The van der Waals surface area contributed by atoms with Gasteiger partial charge in [-0.3, -0.25) is 0 Å². The van der Waals surface area contributed by atoms with E-state index < -0.39 is 0 Å². The fraction of sp³-hybridized carbons (Fsp3) is 0.385. The molecule has 0 aliphatic heterocycles. The zero-order valence-corrected chi connectivity index (χ0v) is 9.20. The summed E-state index contributed by atoms with van der Waals surface area (Å²) in [5.41, 5.74) is 1.17. The highest BCUT2D eigenvalue weighted by molar-refractivity contribution is 5.44. The van der Waals surface area contributed by atoms with Gasteiger partial charge in [-0.2, -0.15) is 0 Å². The number of hydrogen-bond acceptors (Lipinski definition) is 1. The quantitative estimate of drug-likeness (QED) is 0.712. The molecule has 0 bridgehead atoms. The normalized spacial score (nSPS) is 13.4. The van der Waals surface area contributed by atoms with Crippen LogP contribution in [0.15, 0.2) is 42.5 Å². The van der Waals surface area contributed by atoms with E-state index in [0.717, 1.165) is 0 Å². The molecule has 0 amide bonds. The number of benzene rings is 1. The standard InChI is InChI=1S/C13H19N/c1-11(2)9-10-12(3)14-13-7-5-4-6-8-13/h4-12,14H,1-3H3/b10-9+. The van der Waals surface area contributed by atoms with Crippen LogP contribution in [0.3, 0.4) is 0 Å².